The quantitative estimate of drug-likeness (QED) is 0.886. The number of nitrogens with one attached hydrogen (secondary N) is 1. The zero-order valence-electron chi connectivity index (χ0n) is 11.2. The number of rotatable bonds is 6. The lowest BCUT2D eigenvalue weighted by molar-refractivity contribution is 0.580. The molecule has 0 fully saturated rings. The predicted octanol–water partition coefficient (Wildman–Crippen LogP) is 3.14. The third-order valence-electron chi connectivity index (χ3n) is 2.89. The fourth-order valence-corrected chi connectivity index (χ4v) is 3.25. The van der Waals surface area contributed by atoms with Crippen LogP contribution in [0.1, 0.15) is 11.1 Å². The molecule has 1 N–H and O–H groups in total. The summed E-state index contributed by atoms with van der Waals surface area (Å²) in [6.07, 6.45) is 0.509. The molecule has 0 radical (unpaired) electrons. The van der Waals surface area contributed by atoms with Gasteiger partial charge in [0.05, 0.1) is 5.75 Å². The van der Waals surface area contributed by atoms with E-state index in [4.69, 9.17) is 11.6 Å². The smallest absolute Gasteiger partial charge is 0.215 e. The molecule has 0 bridgehead atoms. The number of sulfonamides is 1. The van der Waals surface area contributed by atoms with Crippen molar-refractivity contribution in [2.45, 2.75) is 12.2 Å². The molecule has 3 nitrogen and oxygen atoms in total. The summed E-state index contributed by atoms with van der Waals surface area (Å²) >= 11 is 5.82. The normalized spacial score (nSPS) is 11.5. The molecule has 2 aromatic rings. The maximum Gasteiger partial charge on any atom is 0.215 e. The summed E-state index contributed by atoms with van der Waals surface area (Å²) in [4.78, 5) is 0. The maximum atomic E-state index is 12.8. The van der Waals surface area contributed by atoms with Gasteiger partial charge >= 0.3 is 0 Å². The van der Waals surface area contributed by atoms with Crippen LogP contribution in [-0.4, -0.2) is 15.0 Å². The van der Waals surface area contributed by atoms with Crippen LogP contribution in [0.5, 0.6) is 0 Å². The Bertz CT molecular complexity index is 702. The number of hydrogen-bond donors (Lipinski definition) is 1. The van der Waals surface area contributed by atoms with Gasteiger partial charge in [0.25, 0.3) is 0 Å². The van der Waals surface area contributed by atoms with Crippen molar-refractivity contribution >= 4 is 21.6 Å². The van der Waals surface area contributed by atoms with Gasteiger partial charge in [0.15, 0.2) is 0 Å². The molecule has 0 aromatic heterocycles. The first-order valence-electron chi connectivity index (χ1n) is 6.41. The number of benzene rings is 2. The highest BCUT2D eigenvalue weighted by atomic mass is 35.5. The fraction of sp³-hybridized carbons (Fsp3) is 0.200. The molecule has 0 aliphatic heterocycles. The standard InChI is InChI=1S/C15H15ClFNO2S/c16-14-3-1-2-13(10-14)11-21(19,20)18-9-8-12-4-6-15(17)7-5-12/h1-7,10,18H,8-9,11H2. The SMILES string of the molecule is O=S(=O)(Cc1cccc(Cl)c1)NCCc1ccc(F)cc1. The summed E-state index contributed by atoms with van der Waals surface area (Å²) in [5.41, 5.74) is 1.51. The lowest BCUT2D eigenvalue weighted by Crippen LogP contribution is -2.27. The molecular formula is C15H15ClFNO2S. The molecule has 21 heavy (non-hydrogen) atoms. The van der Waals surface area contributed by atoms with Crippen LogP contribution in [0.4, 0.5) is 4.39 Å². The van der Waals surface area contributed by atoms with E-state index in [1.165, 1.54) is 12.1 Å². The Kier molecular flexibility index (Phi) is 5.33. The molecule has 0 heterocycles. The molecule has 0 saturated carbocycles. The van der Waals surface area contributed by atoms with Crippen molar-refractivity contribution in [1.29, 1.82) is 0 Å². The van der Waals surface area contributed by atoms with E-state index >= 15 is 0 Å². The minimum absolute atomic E-state index is 0.114. The molecule has 6 heteroatoms. The first-order valence-corrected chi connectivity index (χ1v) is 8.44. The minimum Gasteiger partial charge on any atom is -0.215 e. The average Bonchev–Trinajstić information content (AvgIpc) is 2.40. The molecule has 0 saturated heterocycles. The Morgan fingerprint density at radius 3 is 2.43 bits per heavy atom. The lowest BCUT2D eigenvalue weighted by Gasteiger charge is -2.07. The zero-order valence-corrected chi connectivity index (χ0v) is 12.8. The maximum absolute atomic E-state index is 12.8. The number of hydrogen-bond acceptors (Lipinski definition) is 2. The lowest BCUT2D eigenvalue weighted by atomic mass is 10.1. The summed E-state index contributed by atoms with van der Waals surface area (Å²) in [5.74, 6) is -0.419. The van der Waals surface area contributed by atoms with Gasteiger partial charge in [-0.1, -0.05) is 35.9 Å². The first kappa shape index (κ1) is 15.9. The van der Waals surface area contributed by atoms with Gasteiger partial charge < -0.3 is 0 Å². The van der Waals surface area contributed by atoms with Crippen molar-refractivity contribution in [3.63, 3.8) is 0 Å². The van der Waals surface area contributed by atoms with E-state index in [9.17, 15) is 12.8 Å². The van der Waals surface area contributed by atoms with Gasteiger partial charge in [-0.3, -0.25) is 0 Å². The monoisotopic (exact) mass is 327 g/mol. The molecule has 0 spiro atoms. The third-order valence-corrected chi connectivity index (χ3v) is 4.49. The van der Waals surface area contributed by atoms with Gasteiger partial charge in [0.1, 0.15) is 5.82 Å². The number of halogens is 2. The minimum atomic E-state index is -3.41. The predicted molar refractivity (Wildman–Crippen MR) is 82.2 cm³/mol. The molecule has 0 amide bonds. The van der Waals surface area contributed by atoms with Crippen molar-refractivity contribution in [2.24, 2.45) is 0 Å². The van der Waals surface area contributed by atoms with Gasteiger partial charge in [-0.15, -0.1) is 0 Å². The van der Waals surface area contributed by atoms with Crippen molar-refractivity contribution in [1.82, 2.24) is 4.72 Å². The largest absolute Gasteiger partial charge is 0.215 e. The second-order valence-electron chi connectivity index (χ2n) is 4.66. The van der Waals surface area contributed by atoms with E-state index in [0.717, 1.165) is 5.56 Å². The highest BCUT2D eigenvalue weighted by Gasteiger charge is 2.11. The van der Waals surface area contributed by atoms with Gasteiger partial charge in [0, 0.05) is 11.6 Å². The Labute approximate surface area is 128 Å². The van der Waals surface area contributed by atoms with E-state index in [2.05, 4.69) is 4.72 Å². The molecule has 0 unspecified atom stereocenters. The topological polar surface area (TPSA) is 46.2 Å². The second kappa shape index (κ2) is 7.02. The van der Waals surface area contributed by atoms with E-state index in [1.807, 2.05) is 0 Å². The van der Waals surface area contributed by atoms with Crippen molar-refractivity contribution < 1.29 is 12.8 Å². The van der Waals surface area contributed by atoms with Crippen LogP contribution in [0, 0.1) is 5.82 Å². The molecule has 0 atom stereocenters. The molecule has 2 aromatic carbocycles. The van der Waals surface area contributed by atoms with E-state index in [-0.39, 0.29) is 18.1 Å². The molecular weight excluding hydrogens is 313 g/mol. The highest BCUT2D eigenvalue weighted by molar-refractivity contribution is 7.88. The van der Waals surface area contributed by atoms with E-state index in [1.54, 1.807) is 36.4 Å². The van der Waals surface area contributed by atoms with Crippen LogP contribution in [-0.2, 0) is 22.2 Å². The Balaban J connectivity index is 1.88. The van der Waals surface area contributed by atoms with Gasteiger partial charge in [0.2, 0.25) is 10.0 Å². The molecule has 112 valence electrons. The first-order chi connectivity index (χ1) is 9.94. The Morgan fingerprint density at radius 1 is 1.05 bits per heavy atom. The zero-order chi connectivity index (χ0) is 15.3. The third kappa shape index (κ3) is 5.46. The van der Waals surface area contributed by atoms with E-state index < -0.39 is 10.0 Å². The van der Waals surface area contributed by atoms with Crippen LogP contribution in [0.2, 0.25) is 5.02 Å². The molecule has 0 aliphatic carbocycles. The van der Waals surface area contributed by atoms with Crippen LogP contribution in [0.25, 0.3) is 0 Å². The van der Waals surface area contributed by atoms with Crippen LogP contribution in [0.15, 0.2) is 48.5 Å². The van der Waals surface area contributed by atoms with Crippen LogP contribution in [0.3, 0.4) is 0 Å². The van der Waals surface area contributed by atoms with E-state index in [0.29, 0.717) is 17.0 Å². The van der Waals surface area contributed by atoms with Gasteiger partial charge in [-0.2, -0.15) is 0 Å². The average molecular weight is 328 g/mol. The summed E-state index contributed by atoms with van der Waals surface area (Å²) in [6, 6.07) is 12.7. The second-order valence-corrected chi connectivity index (χ2v) is 6.90. The van der Waals surface area contributed by atoms with Crippen molar-refractivity contribution in [3.05, 3.63) is 70.5 Å². The summed E-state index contributed by atoms with van der Waals surface area (Å²) in [7, 11) is -3.41. The van der Waals surface area contributed by atoms with Crippen molar-refractivity contribution in [2.75, 3.05) is 6.54 Å². The molecule has 0 aliphatic rings. The summed E-state index contributed by atoms with van der Waals surface area (Å²) in [5, 5.41) is 0.508. The fourth-order valence-electron chi connectivity index (χ4n) is 1.90. The highest BCUT2D eigenvalue weighted by Crippen LogP contribution is 2.12. The van der Waals surface area contributed by atoms with Gasteiger partial charge in [-0.25, -0.2) is 17.5 Å². The van der Waals surface area contributed by atoms with Crippen molar-refractivity contribution in [3.8, 4) is 0 Å². The van der Waals surface area contributed by atoms with Crippen LogP contribution < -0.4 is 4.72 Å². The molecule has 2 rings (SSSR count). The summed E-state index contributed by atoms with van der Waals surface area (Å²) in [6.45, 7) is 0.272. The summed E-state index contributed by atoms with van der Waals surface area (Å²) < 4.78 is 39.2. The van der Waals surface area contributed by atoms with Crippen LogP contribution >= 0.6 is 11.6 Å². The Morgan fingerprint density at radius 2 is 1.76 bits per heavy atom. The Hall–Kier alpha value is -1.43. The van der Waals surface area contributed by atoms with Gasteiger partial charge in [-0.05, 0) is 41.8 Å².